The largest absolute Gasteiger partial charge is 0.393 e. The van der Waals surface area contributed by atoms with Gasteiger partial charge in [-0.3, -0.25) is 20.2 Å². The lowest BCUT2D eigenvalue weighted by molar-refractivity contribution is -0.150. The lowest BCUT2D eigenvalue weighted by Gasteiger charge is -2.37. The quantitative estimate of drug-likeness (QED) is 0.581. The summed E-state index contributed by atoms with van der Waals surface area (Å²) in [4.78, 5) is 34.6. The number of barbiturate groups is 1. The molecule has 1 aliphatic heterocycles. The fraction of sp³-hybridized carbons (Fsp3) is 0.700. The summed E-state index contributed by atoms with van der Waals surface area (Å²) >= 11 is 0. The minimum atomic E-state index is -1.37. The van der Waals surface area contributed by atoms with Gasteiger partial charge in [-0.1, -0.05) is 13.8 Å². The summed E-state index contributed by atoms with van der Waals surface area (Å²) < 4.78 is 0. The van der Waals surface area contributed by atoms with Gasteiger partial charge >= 0.3 is 6.03 Å². The van der Waals surface area contributed by atoms with Crippen LogP contribution in [0.1, 0.15) is 27.2 Å². The third-order valence-electron chi connectivity index (χ3n) is 2.87. The third-order valence-corrected chi connectivity index (χ3v) is 2.87. The normalized spacial score (nSPS) is 21.7. The monoisotopic (exact) mass is 228 g/mol. The number of nitrogens with one attached hydrogen (secondary N) is 2. The zero-order valence-electron chi connectivity index (χ0n) is 9.53. The van der Waals surface area contributed by atoms with Gasteiger partial charge in [0.05, 0.1) is 6.10 Å². The van der Waals surface area contributed by atoms with Crippen molar-refractivity contribution < 1.29 is 19.5 Å². The van der Waals surface area contributed by atoms with Crippen LogP contribution in [-0.4, -0.2) is 29.1 Å². The van der Waals surface area contributed by atoms with Crippen molar-refractivity contribution >= 4 is 17.8 Å². The van der Waals surface area contributed by atoms with E-state index in [-0.39, 0.29) is 12.3 Å². The van der Waals surface area contributed by atoms with Gasteiger partial charge in [-0.05, 0) is 19.3 Å². The van der Waals surface area contributed by atoms with Crippen LogP contribution in [0.3, 0.4) is 0 Å². The van der Waals surface area contributed by atoms with E-state index in [0.29, 0.717) is 0 Å². The fourth-order valence-electron chi connectivity index (χ4n) is 1.98. The lowest BCUT2D eigenvalue weighted by atomic mass is 9.70. The number of carbonyl (C=O) groups excluding carboxylic acids is 3. The van der Waals surface area contributed by atoms with Gasteiger partial charge in [0, 0.05) is 0 Å². The molecule has 4 amide bonds. The first kappa shape index (κ1) is 12.6. The van der Waals surface area contributed by atoms with Crippen LogP contribution in [0.15, 0.2) is 0 Å². The van der Waals surface area contributed by atoms with E-state index < -0.39 is 29.4 Å². The Morgan fingerprint density at radius 3 is 1.88 bits per heavy atom. The molecule has 0 bridgehead atoms. The maximum Gasteiger partial charge on any atom is 0.328 e. The Morgan fingerprint density at radius 1 is 1.12 bits per heavy atom. The maximum atomic E-state index is 11.8. The van der Waals surface area contributed by atoms with Crippen molar-refractivity contribution in [2.45, 2.75) is 33.3 Å². The van der Waals surface area contributed by atoms with Gasteiger partial charge in [0.25, 0.3) is 0 Å². The number of rotatable bonds is 3. The average Bonchev–Trinajstić information content (AvgIpc) is 2.10. The van der Waals surface area contributed by atoms with E-state index in [9.17, 15) is 19.5 Å². The third kappa shape index (κ3) is 1.92. The number of aliphatic hydroxyl groups is 1. The number of aliphatic hydroxyl groups excluding tert-OH is 1. The number of hydrogen-bond acceptors (Lipinski definition) is 4. The second-order valence-corrected chi connectivity index (χ2v) is 4.42. The highest BCUT2D eigenvalue weighted by atomic mass is 16.3. The number of imide groups is 2. The second-order valence-electron chi connectivity index (χ2n) is 4.42. The summed E-state index contributed by atoms with van der Waals surface area (Å²) in [5, 5.41) is 13.5. The molecule has 1 atom stereocenters. The fourth-order valence-corrected chi connectivity index (χ4v) is 1.98. The molecule has 1 fully saturated rings. The molecule has 16 heavy (non-hydrogen) atoms. The van der Waals surface area contributed by atoms with E-state index in [1.54, 1.807) is 13.8 Å². The highest BCUT2D eigenvalue weighted by Gasteiger charge is 2.52. The number of urea groups is 1. The molecular weight excluding hydrogens is 212 g/mol. The van der Waals surface area contributed by atoms with Crippen molar-refractivity contribution in [1.29, 1.82) is 0 Å². The SMILES string of the molecule is CC(O)CC1(C(C)C)C(=O)NC(=O)NC1=O. The number of amides is 4. The Kier molecular flexibility index (Phi) is 3.32. The number of hydrogen-bond donors (Lipinski definition) is 3. The Bertz CT molecular complexity index is 316. The summed E-state index contributed by atoms with van der Waals surface area (Å²) in [5.74, 6) is -1.59. The summed E-state index contributed by atoms with van der Waals surface area (Å²) in [7, 11) is 0. The molecule has 0 aliphatic carbocycles. The average molecular weight is 228 g/mol. The van der Waals surface area contributed by atoms with Crippen molar-refractivity contribution in [2.75, 3.05) is 0 Å². The van der Waals surface area contributed by atoms with Gasteiger partial charge in [0.2, 0.25) is 11.8 Å². The van der Waals surface area contributed by atoms with E-state index in [0.717, 1.165) is 0 Å². The predicted molar refractivity (Wildman–Crippen MR) is 55.3 cm³/mol. The number of carbonyl (C=O) groups is 3. The van der Waals surface area contributed by atoms with Crippen molar-refractivity contribution in [2.24, 2.45) is 11.3 Å². The van der Waals surface area contributed by atoms with Crippen molar-refractivity contribution in [1.82, 2.24) is 10.6 Å². The molecule has 0 aromatic carbocycles. The van der Waals surface area contributed by atoms with Gasteiger partial charge in [0.15, 0.2) is 0 Å². The molecule has 0 aromatic rings. The Labute approximate surface area is 93.4 Å². The molecule has 0 saturated carbocycles. The van der Waals surface area contributed by atoms with Gasteiger partial charge in [-0.25, -0.2) is 4.79 Å². The Balaban J connectivity index is 3.12. The first-order valence-corrected chi connectivity index (χ1v) is 5.15. The summed E-state index contributed by atoms with van der Waals surface area (Å²) in [6.45, 7) is 4.91. The molecule has 1 unspecified atom stereocenters. The molecule has 1 aliphatic rings. The van der Waals surface area contributed by atoms with Crippen molar-refractivity contribution in [3.8, 4) is 0 Å². The van der Waals surface area contributed by atoms with Crippen LogP contribution in [0.5, 0.6) is 0 Å². The molecule has 90 valence electrons. The molecule has 6 heteroatoms. The standard InChI is InChI=1S/C10H16N2O4/c1-5(2)10(4-6(3)13)7(14)11-9(16)12-8(10)15/h5-6,13H,4H2,1-3H3,(H2,11,12,14,15,16). The van der Waals surface area contributed by atoms with Crippen LogP contribution in [0.4, 0.5) is 4.79 Å². The van der Waals surface area contributed by atoms with E-state index in [2.05, 4.69) is 10.6 Å². The highest BCUT2D eigenvalue weighted by Crippen LogP contribution is 2.35. The van der Waals surface area contributed by atoms with E-state index in [4.69, 9.17) is 0 Å². The van der Waals surface area contributed by atoms with Crippen LogP contribution < -0.4 is 10.6 Å². The van der Waals surface area contributed by atoms with Gasteiger partial charge in [0.1, 0.15) is 5.41 Å². The van der Waals surface area contributed by atoms with Gasteiger partial charge in [-0.15, -0.1) is 0 Å². The van der Waals surface area contributed by atoms with Crippen LogP contribution >= 0.6 is 0 Å². The zero-order chi connectivity index (χ0) is 12.5. The van der Waals surface area contributed by atoms with E-state index >= 15 is 0 Å². The highest BCUT2D eigenvalue weighted by molar-refractivity contribution is 6.19. The Morgan fingerprint density at radius 2 is 1.56 bits per heavy atom. The predicted octanol–water partition coefficient (Wildman–Crippen LogP) is -0.234. The smallest absolute Gasteiger partial charge is 0.328 e. The topological polar surface area (TPSA) is 95.5 Å². The first-order chi connectivity index (χ1) is 7.30. The molecular formula is C10H16N2O4. The van der Waals surface area contributed by atoms with Crippen molar-refractivity contribution in [3.63, 3.8) is 0 Å². The Hall–Kier alpha value is -1.43. The summed E-state index contributed by atoms with van der Waals surface area (Å²) in [5.41, 5.74) is -1.37. The van der Waals surface area contributed by atoms with Crippen LogP contribution in [-0.2, 0) is 9.59 Å². The lowest BCUT2D eigenvalue weighted by Crippen LogP contribution is -2.64. The van der Waals surface area contributed by atoms with Crippen LogP contribution in [0.25, 0.3) is 0 Å². The van der Waals surface area contributed by atoms with Crippen LogP contribution in [0, 0.1) is 11.3 Å². The minimum Gasteiger partial charge on any atom is -0.393 e. The van der Waals surface area contributed by atoms with Gasteiger partial charge in [-0.2, -0.15) is 0 Å². The molecule has 0 radical (unpaired) electrons. The molecule has 0 aromatic heterocycles. The molecule has 1 heterocycles. The maximum absolute atomic E-state index is 11.8. The van der Waals surface area contributed by atoms with E-state index in [1.165, 1.54) is 6.92 Å². The zero-order valence-corrected chi connectivity index (χ0v) is 9.53. The molecule has 1 rings (SSSR count). The van der Waals surface area contributed by atoms with Crippen molar-refractivity contribution in [3.05, 3.63) is 0 Å². The van der Waals surface area contributed by atoms with E-state index in [1.807, 2.05) is 0 Å². The molecule has 1 saturated heterocycles. The first-order valence-electron chi connectivity index (χ1n) is 5.15. The molecule has 0 spiro atoms. The van der Waals surface area contributed by atoms with Crippen LogP contribution in [0.2, 0.25) is 0 Å². The summed E-state index contributed by atoms with van der Waals surface area (Å²) in [6.07, 6.45) is -0.803. The minimum absolute atomic E-state index is 0.00435. The molecule has 6 nitrogen and oxygen atoms in total. The summed E-state index contributed by atoms with van der Waals surface area (Å²) in [6, 6.07) is -0.808. The van der Waals surface area contributed by atoms with Gasteiger partial charge < -0.3 is 5.11 Å². The molecule has 3 N–H and O–H groups in total. The second kappa shape index (κ2) is 4.21.